The molecule has 0 aliphatic rings. The standard InChI is InChI=1S/C18H17BrN2O3S/c1-22-13-6-8-14(9-7-13)23-10-11-25-12-17-20-21-18(24-17)15-4-2-3-5-16(15)19/h2-9H,10-12H2,1H3. The molecule has 1 aromatic heterocycles. The van der Waals surface area contributed by atoms with Gasteiger partial charge in [-0.25, -0.2) is 0 Å². The van der Waals surface area contributed by atoms with E-state index in [1.54, 1.807) is 18.9 Å². The minimum absolute atomic E-state index is 0.526. The average molecular weight is 421 g/mol. The first-order valence-corrected chi connectivity index (χ1v) is 9.63. The smallest absolute Gasteiger partial charge is 0.248 e. The van der Waals surface area contributed by atoms with Gasteiger partial charge in [-0.3, -0.25) is 0 Å². The molecule has 0 radical (unpaired) electrons. The lowest BCUT2D eigenvalue weighted by Gasteiger charge is -2.06. The van der Waals surface area contributed by atoms with E-state index in [9.17, 15) is 0 Å². The molecule has 2 aromatic carbocycles. The summed E-state index contributed by atoms with van der Waals surface area (Å²) in [6, 6.07) is 15.3. The molecule has 0 amide bonds. The summed E-state index contributed by atoms with van der Waals surface area (Å²) in [6.45, 7) is 0.613. The molecular formula is C18H17BrN2O3S. The number of ether oxygens (including phenoxy) is 2. The molecule has 0 spiro atoms. The van der Waals surface area contributed by atoms with Gasteiger partial charge in [-0.2, -0.15) is 0 Å². The molecule has 7 heteroatoms. The summed E-state index contributed by atoms with van der Waals surface area (Å²) in [5.41, 5.74) is 0.897. The zero-order valence-corrected chi connectivity index (χ0v) is 16.0. The fourth-order valence-corrected chi connectivity index (χ4v) is 3.20. The van der Waals surface area contributed by atoms with Gasteiger partial charge in [0, 0.05) is 10.2 Å². The Morgan fingerprint density at radius 2 is 1.80 bits per heavy atom. The first-order valence-electron chi connectivity index (χ1n) is 7.68. The van der Waals surface area contributed by atoms with Crippen LogP contribution in [0.3, 0.4) is 0 Å². The van der Waals surface area contributed by atoms with Crippen LogP contribution in [0.15, 0.2) is 57.4 Å². The second-order valence-electron chi connectivity index (χ2n) is 5.06. The zero-order valence-electron chi connectivity index (χ0n) is 13.6. The molecule has 0 N–H and O–H groups in total. The Balaban J connectivity index is 1.43. The quantitative estimate of drug-likeness (QED) is 0.486. The molecule has 3 rings (SSSR count). The van der Waals surface area contributed by atoms with Gasteiger partial charge in [0.2, 0.25) is 11.8 Å². The number of rotatable bonds is 8. The lowest BCUT2D eigenvalue weighted by Crippen LogP contribution is -2.00. The van der Waals surface area contributed by atoms with E-state index < -0.39 is 0 Å². The highest BCUT2D eigenvalue weighted by Gasteiger charge is 2.11. The van der Waals surface area contributed by atoms with Gasteiger partial charge in [0.1, 0.15) is 11.5 Å². The van der Waals surface area contributed by atoms with Gasteiger partial charge in [-0.1, -0.05) is 12.1 Å². The maximum absolute atomic E-state index is 5.71. The lowest BCUT2D eigenvalue weighted by atomic mass is 10.2. The maximum Gasteiger partial charge on any atom is 0.248 e. The number of benzene rings is 2. The van der Waals surface area contributed by atoms with Crippen LogP contribution in [0.4, 0.5) is 0 Å². The summed E-state index contributed by atoms with van der Waals surface area (Å²) in [6.07, 6.45) is 0. The van der Waals surface area contributed by atoms with Crippen molar-refractivity contribution < 1.29 is 13.9 Å². The van der Waals surface area contributed by atoms with E-state index in [4.69, 9.17) is 13.9 Å². The Kier molecular flexibility index (Phi) is 6.36. The van der Waals surface area contributed by atoms with Crippen LogP contribution < -0.4 is 9.47 Å². The van der Waals surface area contributed by atoms with Crippen LogP contribution >= 0.6 is 27.7 Å². The van der Waals surface area contributed by atoms with Crippen LogP contribution in [0, 0.1) is 0 Å². The Hall–Kier alpha value is -1.99. The fourth-order valence-electron chi connectivity index (χ4n) is 2.11. The van der Waals surface area contributed by atoms with Gasteiger partial charge in [-0.05, 0) is 52.3 Å². The van der Waals surface area contributed by atoms with E-state index in [0.29, 0.717) is 24.1 Å². The summed E-state index contributed by atoms with van der Waals surface area (Å²) in [5.74, 6) is 4.27. The third-order valence-electron chi connectivity index (χ3n) is 3.35. The number of methoxy groups -OCH3 is 1. The molecule has 0 bridgehead atoms. The van der Waals surface area contributed by atoms with Crippen LogP contribution in [0.1, 0.15) is 5.89 Å². The van der Waals surface area contributed by atoms with E-state index in [1.807, 2.05) is 48.5 Å². The number of nitrogens with zero attached hydrogens (tertiary/aromatic N) is 2. The Bertz CT molecular complexity index is 808. The number of aromatic nitrogens is 2. The van der Waals surface area contributed by atoms with Gasteiger partial charge >= 0.3 is 0 Å². The highest BCUT2D eigenvalue weighted by atomic mass is 79.9. The maximum atomic E-state index is 5.71. The van der Waals surface area contributed by atoms with Crippen LogP contribution in [0.25, 0.3) is 11.5 Å². The van der Waals surface area contributed by atoms with E-state index in [1.165, 1.54) is 0 Å². The van der Waals surface area contributed by atoms with Crippen molar-refractivity contribution in [3.05, 3.63) is 58.9 Å². The Labute approximate surface area is 158 Å². The molecule has 0 saturated carbocycles. The van der Waals surface area contributed by atoms with Crippen molar-refractivity contribution in [3.8, 4) is 23.0 Å². The first-order chi connectivity index (χ1) is 12.3. The molecule has 5 nitrogen and oxygen atoms in total. The third-order valence-corrected chi connectivity index (χ3v) is 4.95. The van der Waals surface area contributed by atoms with Crippen LogP contribution in [0.2, 0.25) is 0 Å². The van der Waals surface area contributed by atoms with Crippen molar-refractivity contribution in [2.24, 2.45) is 0 Å². The summed E-state index contributed by atoms with van der Waals surface area (Å²) in [7, 11) is 1.64. The highest BCUT2D eigenvalue weighted by molar-refractivity contribution is 9.10. The number of halogens is 1. The topological polar surface area (TPSA) is 57.4 Å². The van der Waals surface area contributed by atoms with Crippen molar-refractivity contribution in [1.82, 2.24) is 10.2 Å². The predicted molar refractivity (Wildman–Crippen MR) is 102 cm³/mol. The highest BCUT2D eigenvalue weighted by Crippen LogP contribution is 2.27. The Morgan fingerprint density at radius 1 is 1.04 bits per heavy atom. The van der Waals surface area contributed by atoms with Crippen molar-refractivity contribution in [3.63, 3.8) is 0 Å². The van der Waals surface area contributed by atoms with Gasteiger partial charge in [0.15, 0.2) is 0 Å². The van der Waals surface area contributed by atoms with Crippen LogP contribution in [-0.2, 0) is 5.75 Å². The summed E-state index contributed by atoms with van der Waals surface area (Å²) in [5, 5.41) is 8.20. The fraction of sp³-hybridized carbons (Fsp3) is 0.222. The largest absolute Gasteiger partial charge is 0.497 e. The molecule has 0 fully saturated rings. The number of hydrogen-bond donors (Lipinski definition) is 0. The van der Waals surface area contributed by atoms with E-state index >= 15 is 0 Å². The molecule has 130 valence electrons. The molecule has 0 aliphatic carbocycles. The zero-order chi connectivity index (χ0) is 17.5. The second kappa shape index (κ2) is 8.92. The minimum Gasteiger partial charge on any atom is -0.497 e. The summed E-state index contributed by atoms with van der Waals surface area (Å²) < 4.78 is 17.5. The van der Waals surface area contributed by atoms with Crippen LogP contribution in [0.5, 0.6) is 11.5 Å². The molecule has 0 saturated heterocycles. The minimum atomic E-state index is 0.526. The number of hydrogen-bond acceptors (Lipinski definition) is 6. The molecular weight excluding hydrogens is 404 g/mol. The molecule has 3 aromatic rings. The first kappa shape index (κ1) is 17.8. The van der Waals surface area contributed by atoms with Crippen molar-refractivity contribution in [1.29, 1.82) is 0 Å². The van der Waals surface area contributed by atoms with Crippen molar-refractivity contribution in [2.45, 2.75) is 5.75 Å². The van der Waals surface area contributed by atoms with Crippen molar-refractivity contribution >= 4 is 27.7 Å². The summed E-state index contributed by atoms with van der Waals surface area (Å²) in [4.78, 5) is 0. The third kappa shape index (κ3) is 4.99. The average Bonchev–Trinajstić information content (AvgIpc) is 3.11. The Morgan fingerprint density at radius 3 is 2.56 bits per heavy atom. The van der Waals surface area contributed by atoms with Gasteiger partial charge < -0.3 is 13.9 Å². The predicted octanol–water partition coefficient (Wildman–Crippen LogP) is 4.82. The van der Waals surface area contributed by atoms with Crippen molar-refractivity contribution in [2.75, 3.05) is 19.5 Å². The van der Waals surface area contributed by atoms with Gasteiger partial charge in [0.25, 0.3) is 0 Å². The molecule has 0 aliphatic heterocycles. The number of thioether (sulfide) groups is 1. The van der Waals surface area contributed by atoms with Gasteiger partial charge in [0.05, 0.1) is 25.0 Å². The monoisotopic (exact) mass is 420 g/mol. The normalized spacial score (nSPS) is 10.6. The van der Waals surface area contributed by atoms with E-state index in [-0.39, 0.29) is 0 Å². The summed E-state index contributed by atoms with van der Waals surface area (Å²) >= 11 is 5.18. The van der Waals surface area contributed by atoms with Gasteiger partial charge in [-0.15, -0.1) is 22.0 Å². The lowest BCUT2D eigenvalue weighted by molar-refractivity contribution is 0.342. The molecule has 0 unspecified atom stereocenters. The van der Waals surface area contributed by atoms with E-state index in [0.717, 1.165) is 27.3 Å². The SMILES string of the molecule is COc1ccc(OCCSCc2nnc(-c3ccccc3Br)o2)cc1. The molecule has 1 heterocycles. The van der Waals surface area contributed by atoms with E-state index in [2.05, 4.69) is 26.1 Å². The molecule has 25 heavy (non-hydrogen) atoms. The van der Waals surface area contributed by atoms with Crippen LogP contribution in [-0.4, -0.2) is 29.7 Å². The molecule has 0 atom stereocenters. The second-order valence-corrected chi connectivity index (χ2v) is 7.02.